The van der Waals surface area contributed by atoms with E-state index < -0.39 is 0 Å². The third-order valence-corrected chi connectivity index (χ3v) is 4.51. The Balaban J connectivity index is 1.66. The highest BCUT2D eigenvalue weighted by Crippen LogP contribution is 2.48. The fourth-order valence-corrected chi connectivity index (χ4v) is 2.79. The molecule has 1 N–H and O–H groups in total. The van der Waals surface area contributed by atoms with Crippen LogP contribution in [0.5, 0.6) is 0 Å². The SMILES string of the molecule is COCCC1(CNC2CCN(C(C)C)C2)CC1. The summed E-state index contributed by atoms with van der Waals surface area (Å²) in [6, 6.07) is 1.42. The summed E-state index contributed by atoms with van der Waals surface area (Å²) in [4.78, 5) is 2.58. The van der Waals surface area contributed by atoms with Crippen molar-refractivity contribution in [3.05, 3.63) is 0 Å². The normalized spacial score (nSPS) is 27.9. The number of nitrogens with zero attached hydrogens (tertiary/aromatic N) is 1. The van der Waals surface area contributed by atoms with Gasteiger partial charge in [-0.25, -0.2) is 0 Å². The third-order valence-electron chi connectivity index (χ3n) is 4.51. The number of rotatable bonds is 7. The van der Waals surface area contributed by atoms with Crippen molar-refractivity contribution in [1.29, 1.82) is 0 Å². The number of likely N-dealkylation sites (tertiary alicyclic amines) is 1. The second-order valence-corrected chi connectivity index (χ2v) is 6.20. The van der Waals surface area contributed by atoms with E-state index >= 15 is 0 Å². The van der Waals surface area contributed by atoms with Crippen LogP contribution in [0.1, 0.15) is 39.5 Å². The van der Waals surface area contributed by atoms with Crippen molar-refractivity contribution in [3.63, 3.8) is 0 Å². The summed E-state index contributed by atoms with van der Waals surface area (Å²) < 4.78 is 5.20. The summed E-state index contributed by atoms with van der Waals surface area (Å²) in [6.07, 6.45) is 5.34. The highest BCUT2D eigenvalue weighted by molar-refractivity contribution is 4.96. The van der Waals surface area contributed by atoms with Crippen molar-refractivity contribution < 1.29 is 4.74 Å². The van der Waals surface area contributed by atoms with E-state index in [1.54, 1.807) is 7.11 Å². The summed E-state index contributed by atoms with van der Waals surface area (Å²) >= 11 is 0. The minimum absolute atomic E-state index is 0.585. The maximum atomic E-state index is 5.20. The Labute approximate surface area is 106 Å². The van der Waals surface area contributed by atoms with Gasteiger partial charge in [-0.1, -0.05) is 0 Å². The molecule has 100 valence electrons. The minimum atomic E-state index is 0.585. The zero-order chi connectivity index (χ0) is 12.3. The van der Waals surface area contributed by atoms with Crippen LogP contribution in [0.2, 0.25) is 0 Å². The summed E-state index contributed by atoms with van der Waals surface area (Å²) in [6.45, 7) is 9.21. The quantitative estimate of drug-likeness (QED) is 0.735. The van der Waals surface area contributed by atoms with Crippen LogP contribution in [-0.4, -0.2) is 50.3 Å². The Hall–Kier alpha value is -0.120. The molecule has 3 nitrogen and oxygen atoms in total. The molecule has 0 spiro atoms. The summed E-state index contributed by atoms with van der Waals surface area (Å²) in [7, 11) is 1.81. The van der Waals surface area contributed by atoms with Crippen LogP contribution in [0.25, 0.3) is 0 Å². The van der Waals surface area contributed by atoms with Crippen molar-refractivity contribution in [2.75, 3.05) is 33.4 Å². The molecule has 1 heterocycles. The van der Waals surface area contributed by atoms with Crippen LogP contribution in [0.15, 0.2) is 0 Å². The van der Waals surface area contributed by atoms with Crippen molar-refractivity contribution in [3.8, 4) is 0 Å². The van der Waals surface area contributed by atoms with Gasteiger partial charge in [-0.2, -0.15) is 0 Å². The molecule has 0 aromatic rings. The van der Waals surface area contributed by atoms with Crippen LogP contribution in [-0.2, 0) is 4.74 Å². The van der Waals surface area contributed by atoms with E-state index in [0.29, 0.717) is 11.5 Å². The Kier molecular flexibility index (Phi) is 4.45. The van der Waals surface area contributed by atoms with Crippen molar-refractivity contribution >= 4 is 0 Å². The van der Waals surface area contributed by atoms with Gasteiger partial charge in [0.25, 0.3) is 0 Å². The fourth-order valence-electron chi connectivity index (χ4n) is 2.79. The van der Waals surface area contributed by atoms with Crippen LogP contribution in [0.3, 0.4) is 0 Å². The molecule has 3 heteroatoms. The van der Waals surface area contributed by atoms with Crippen LogP contribution in [0, 0.1) is 5.41 Å². The molecule has 1 saturated carbocycles. The van der Waals surface area contributed by atoms with Crippen molar-refractivity contribution in [2.45, 2.75) is 51.6 Å². The van der Waals surface area contributed by atoms with E-state index in [4.69, 9.17) is 4.74 Å². The number of hydrogen-bond donors (Lipinski definition) is 1. The Morgan fingerprint density at radius 1 is 1.41 bits per heavy atom. The van der Waals surface area contributed by atoms with Gasteiger partial charge in [0.05, 0.1) is 0 Å². The number of hydrogen-bond acceptors (Lipinski definition) is 3. The van der Waals surface area contributed by atoms with E-state index in [0.717, 1.165) is 12.6 Å². The topological polar surface area (TPSA) is 24.5 Å². The highest BCUT2D eigenvalue weighted by atomic mass is 16.5. The average molecular weight is 240 g/mol. The molecule has 2 aliphatic rings. The molecule has 1 aliphatic carbocycles. The van der Waals surface area contributed by atoms with Crippen molar-refractivity contribution in [2.24, 2.45) is 5.41 Å². The van der Waals surface area contributed by atoms with Gasteiger partial charge in [-0.3, -0.25) is 4.90 Å². The van der Waals surface area contributed by atoms with Crippen molar-refractivity contribution in [1.82, 2.24) is 10.2 Å². The lowest BCUT2D eigenvalue weighted by molar-refractivity contribution is 0.170. The van der Waals surface area contributed by atoms with Crippen LogP contribution < -0.4 is 5.32 Å². The van der Waals surface area contributed by atoms with Crippen LogP contribution >= 0.6 is 0 Å². The first-order valence-electron chi connectivity index (χ1n) is 7.12. The molecule has 0 bridgehead atoms. The molecule has 1 atom stereocenters. The molecule has 1 saturated heterocycles. The molecular weight excluding hydrogens is 212 g/mol. The molecule has 1 aliphatic heterocycles. The summed E-state index contributed by atoms with van der Waals surface area (Å²) in [5.74, 6) is 0. The predicted molar refractivity (Wildman–Crippen MR) is 71.3 cm³/mol. The number of nitrogens with one attached hydrogen (secondary N) is 1. The summed E-state index contributed by atoms with van der Waals surface area (Å²) in [5, 5.41) is 3.78. The average Bonchev–Trinajstić information content (AvgIpc) is 2.91. The molecule has 2 fully saturated rings. The molecule has 1 unspecified atom stereocenters. The van der Waals surface area contributed by atoms with Gasteiger partial charge >= 0.3 is 0 Å². The van der Waals surface area contributed by atoms with Crippen LogP contribution in [0.4, 0.5) is 0 Å². The molecule has 0 radical (unpaired) electrons. The monoisotopic (exact) mass is 240 g/mol. The third kappa shape index (κ3) is 3.67. The maximum absolute atomic E-state index is 5.20. The summed E-state index contributed by atoms with van der Waals surface area (Å²) in [5.41, 5.74) is 0.585. The zero-order valence-electron chi connectivity index (χ0n) is 11.7. The largest absolute Gasteiger partial charge is 0.385 e. The predicted octanol–water partition coefficient (Wildman–Crippen LogP) is 1.88. The van der Waals surface area contributed by atoms with Gasteiger partial charge in [0, 0.05) is 38.9 Å². The second kappa shape index (κ2) is 5.68. The van der Waals surface area contributed by atoms with E-state index in [1.165, 1.54) is 45.3 Å². The smallest absolute Gasteiger partial charge is 0.0468 e. The molecule has 2 rings (SSSR count). The Bertz CT molecular complexity index is 238. The van der Waals surface area contributed by atoms with E-state index in [9.17, 15) is 0 Å². The second-order valence-electron chi connectivity index (χ2n) is 6.20. The highest BCUT2D eigenvalue weighted by Gasteiger charge is 2.42. The van der Waals surface area contributed by atoms with E-state index in [-0.39, 0.29) is 0 Å². The fraction of sp³-hybridized carbons (Fsp3) is 1.00. The van der Waals surface area contributed by atoms with Gasteiger partial charge in [0.15, 0.2) is 0 Å². The van der Waals surface area contributed by atoms with Gasteiger partial charge in [-0.05, 0) is 51.5 Å². The lowest BCUT2D eigenvalue weighted by Crippen LogP contribution is -2.38. The van der Waals surface area contributed by atoms with E-state index in [2.05, 4.69) is 24.1 Å². The first-order chi connectivity index (χ1) is 8.15. The first kappa shape index (κ1) is 13.3. The van der Waals surface area contributed by atoms with E-state index in [1.807, 2.05) is 0 Å². The first-order valence-corrected chi connectivity index (χ1v) is 7.12. The van der Waals surface area contributed by atoms with Gasteiger partial charge in [-0.15, -0.1) is 0 Å². The lowest BCUT2D eigenvalue weighted by atomic mass is 10.0. The maximum Gasteiger partial charge on any atom is 0.0468 e. The molecule has 0 aromatic heterocycles. The molecular formula is C14H28N2O. The minimum Gasteiger partial charge on any atom is -0.385 e. The lowest BCUT2D eigenvalue weighted by Gasteiger charge is -2.22. The number of ether oxygens (including phenoxy) is 1. The Morgan fingerprint density at radius 2 is 2.18 bits per heavy atom. The Morgan fingerprint density at radius 3 is 2.71 bits per heavy atom. The standard InChI is InChI=1S/C14H28N2O/c1-12(2)16-8-4-13(10-16)15-11-14(5-6-14)7-9-17-3/h12-13,15H,4-11H2,1-3H3. The van der Waals surface area contributed by atoms with Gasteiger partial charge in [0.1, 0.15) is 0 Å². The molecule has 0 amide bonds. The van der Waals surface area contributed by atoms with Gasteiger partial charge in [0.2, 0.25) is 0 Å². The number of methoxy groups -OCH3 is 1. The molecule has 0 aromatic carbocycles. The zero-order valence-corrected chi connectivity index (χ0v) is 11.7. The van der Waals surface area contributed by atoms with Gasteiger partial charge < -0.3 is 10.1 Å². The molecule has 17 heavy (non-hydrogen) atoms.